The van der Waals surface area contributed by atoms with Crippen molar-refractivity contribution in [1.82, 2.24) is 0 Å². The quantitative estimate of drug-likeness (QED) is 0.272. The highest BCUT2D eigenvalue weighted by molar-refractivity contribution is 5.81. The van der Waals surface area contributed by atoms with E-state index in [-0.39, 0.29) is 0 Å². The molecule has 0 aliphatic carbocycles. The predicted molar refractivity (Wildman–Crippen MR) is 76.7 cm³/mol. The van der Waals surface area contributed by atoms with Crippen LogP contribution in [-0.2, 0) is 9.59 Å². The Morgan fingerprint density at radius 1 is 0.778 bits per heavy atom. The van der Waals surface area contributed by atoms with Gasteiger partial charge in [-0.1, -0.05) is 64.7 Å². The third-order valence-corrected chi connectivity index (χ3v) is 3.25. The molecule has 0 bridgehead atoms. The molecule has 0 spiro atoms. The number of carbonyl (C=O) groups is 2. The number of unbranched alkanes of at least 4 members (excludes halogenated alkanes) is 9. The molecule has 0 aromatic heterocycles. The number of aldehydes is 2. The lowest BCUT2D eigenvalue weighted by atomic mass is 10.0. The SMILES string of the molecule is CCCCCCCCCCCC/C(C=O)=C/C=O. The van der Waals surface area contributed by atoms with Crippen LogP contribution in [0.5, 0.6) is 0 Å². The predicted octanol–water partition coefficient (Wildman–Crippen LogP) is 4.62. The van der Waals surface area contributed by atoms with Gasteiger partial charge in [-0.15, -0.1) is 0 Å². The van der Waals surface area contributed by atoms with Crippen molar-refractivity contribution in [3.8, 4) is 0 Å². The van der Waals surface area contributed by atoms with Gasteiger partial charge in [-0.05, 0) is 24.5 Å². The summed E-state index contributed by atoms with van der Waals surface area (Å²) >= 11 is 0. The van der Waals surface area contributed by atoms with Gasteiger partial charge in [0.2, 0.25) is 0 Å². The van der Waals surface area contributed by atoms with Crippen LogP contribution in [0.3, 0.4) is 0 Å². The second-order valence-corrected chi connectivity index (χ2v) is 4.93. The lowest BCUT2D eigenvalue weighted by Gasteiger charge is -2.02. The van der Waals surface area contributed by atoms with E-state index in [1.807, 2.05) is 0 Å². The molecule has 0 aliphatic heterocycles. The average Bonchev–Trinajstić information content (AvgIpc) is 2.39. The molecule has 0 N–H and O–H groups in total. The summed E-state index contributed by atoms with van der Waals surface area (Å²) in [6.07, 6.45) is 16.5. The number of hydrogen-bond acceptors (Lipinski definition) is 2. The van der Waals surface area contributed by atoms with Crippen LogP contribution in [-0.4, -0.2) is 12.6 Å². The second-order valence-electron chi connectivity index (χ2n) is 4.93. The van der Waals surface area contributed by atoms with Crippen LogP contribution >= 0.6 is 0 Å². The molecule has 0 radical (unpaired) electrons. The van der Waals surface area contributed by atoms with Crippen LogP contribution in [0.2, 0.25) is 0 Å². The molecule has 0 atom stereocenters. The van der Waals surface area contributed by atoms with Crippen LogP contribution in [0.15, 0.2) is 11.6 Å². The largest absolute Gasteiger partial charge is 0.299 e. The Kier molecular flexibility index (Phi) is 13.4. The minimum atomic E-state index is 0.629. The minimum Gasteiger partial charge on any atom is -0.299 e. The topological polar surface area (TPSA) is 34.1 Å². The summed E-state index contributed by atoms with van der Waals surface area (Å²) < 4.78 is 0. The number of carbonyl (C=O) groups excluding carboxylic acids is 2. The normalized spacial score (nSPS) is 11.5. The third kappa shape index (κ3) is 11.6. The van der Waals surface area contributed by atoms with Crippen LogP contribution < -0.4 is 0 Å². The maximum absolute atomic E-state index is 10.6. The minimum absolute atomic E-state index is 0.629. The third-order valence-electron chi connectivity index (χ3n) is 3.25. The van der Waals surface area contributed by atoms with E-state index in [0.29, 0.717) is 11.9 Å². The van der Waals surface area contributed by atoms with Gasteiger partial charge < -0.3 is 0 Å². The zero-order chi connectivity index (χ0) is 13.5. The highest BCUT2D eigenvalue weighted by Crippen LogP contribution is 2.12. The summed E-state index contributed by atoms with van der Waals surface area (Å²) in [5.74, 6) is 0. The lowest BCUT2D eigenvalue weighted by molar-refractivity contribution is -0.106. The van der Waals surface area contributed by atoms with E-state index in [0.717, 1.165) is 19.1 Å². The van der Waals surface area contributed by atoms with E-state index < -0.39 is 0 Å². The van der Waals surface area contributed by atoms with Crippen molar-refractivity contribution in [3.63, 3.8) is 0 Å². The molecular formula is C16H28O2. The standard InChI is InChI=1S/C16H28O2/c1-2-3-4-5-6-7-8-9-10-11-12-16(15-18)13-14-17/h13-15H,2-12H2,1H3/b16-13-. The van der Waals surface area contributed by atoms with Gasteiger partial charge in [0, 0.05) is 0 Å². The zero-order valence-electron chi connectivity index (χ0n) is 11.8. The van der Waals surface area contributed by atoms with Crippen molar-refractivity contribution >= 4 is 12.6 Å². The highest BCUT2D eigenvalue weighted by Gasteiger charge is 1.96. The van der Waals surface area contributed by atoms with E-state index in [1.165, 1.54) is 63.9 Å². The molecule has 2 heteroatoms. The maximum atomic E-state index is 10.6. The van der Waals surface area contributed by atoms with Gasteiger partial charge in [0.05, 0.1) is 0 Å². The number of hydrogen-bond donors (Lipinski definition) is 0. The zero-order valence-corrected chi connectivity index (χ0v) is 11.8. The van der Waals surface area contributed by atoms with Crippen molar-refractivity contribution in [2.75, 3.05) is 0 Å². The fourth-order valence-corrected chi connectivity index (χ4v) is 2.09. The van der Waals surface area contributed by atoms with Gasteiger partial charge in [-0.25, -0.2) is 0 Å². The van der Waals surface area contributed by atoms with Crippen LogP contribution in [0.25, 0.3) is 0 Å². The first-order valence-electron chi connectivity index (χ1n) is 7.44. The van der Waals surface area contributed by atoms with Crippen molar-refractivity contribution in [3.05, 3.63) is 11.6 Å². The summed E-state index contributed by atoms with van der Waals surface area (Å²) in [7, 11) is 0. The van der Waals surface area contributed by atoms with Crippen LogP contribution in [0, 0.1) is 0 Å². The Balaban J connectivity index is 3.23. The van der Waals surface area contributed by atoms with E-state index in [9.17, 15) is 9.59 Å². The van der Waals surface area contributed by atoms with Gasteiger partial charge >= 0.3 is 0 Å². The first kappa shape index (κ1) is 17.1. The molecule has 0 fully saturated rings. The Bertz CT molecular complexity index is 231. The van der Waals surface area contributed by atoms with E-state index in [4.69, 9.17) is 0 Å². The molecule has 0 aliphatic rings. The highest BCUT2D eigenvalue weighted by atomic mass is 16.1. The van der Waals surface area contributed by atoms with Gasteiger partial charge in [-0.3, -0.25) is 9.59 Å². The van der Waals surface area contributed by atoms with E-state index in [1.54, 1.807) is 0 Å². The summed E-state index contributed by atoms with van der Waals surface area (Å²) in [5.41, 5.74) is 0.629. The second kappa shape index (κ2) is 14.1. The first-order chi connectivity index (χ1) is 8.85. The monoisotopic (exact) mass is 252 g/mol. The van der Waals surface area contributed by atoms with Gasteiger partial charge in [-0.2, -0.15) is 0 Å². The van der Waals surface area contributed by atoms with Crippen LogP contribution in [0.4, 0.5) is 0 Å². The average molecular weight is 252 g/mol. The van der Waals surface area contributed by atoms with Crippen molar-refractivity contribution in [1.29, 1.82) is 0 Å². The molecule has 0 aromatic rings. The fraction of sp³-hybridized carbons (Fsp3) is 0.750. The smallest absolute Gasteiger partial charge is 0.146 e. The first-order valence-corrected chi connectivity index (χ1v) is 7.44. The summed E-state index contributed by atoms with van der Waals surface area (Å²) in [6, 6.07) is 0. The van der Waals surface area contributed by atoms with Crippen molar-refractivity contribution in [2.24, 2.45) is 0 Å². The summed E-state index contributed by atoms with van der Waals surface area (Å²) in [4.78, 5) is 20.8. The maximum Gasteiger partial charge on any atom is 0.146 e. The Labute approximate surface area is 112 Å². The van der Waals surface area contributed by atoms with E-state index >= 15 is 0 Å². The summed E-state index contributed by atoms with van der Waals surface area (Å²) in [5, 5.41) is 0. The Morgan fingerprint density at radius 2 is 1.28 bits per heavy atom. The molecule has 0 rings (SSSR count). The Hall–Kier alpha value is -0.920. The van der Waals surface area contributed by atoms with Gasteiger partial charge in [0.1, 0.15) is 12.6 Å². The summed E-state index contributed by atoms with van der Waals surface area (Å²) in [6.45, 7) is 2.24. The molecule has 0 amide bonds. The molecule has 0 aromatic carbocycles. The fourth-order valence-electron chi connectivity index (χ4n) is 2.09. The molecule has 2 nitrogen and oxygen atoms in total. The molecule has 0 saturated heterocycles. The van der Waals surface area contributed by atoms with Gasteiger partial charge in [0.15, 0.2) is 0 Å². The van der Waals surface area contributed by atoms with Gasteiger partial charge in [0.25, 0.3) is 0 Å². The van der Waals surface area contributed by atoms with Crippen molar-refractivity contribution in [2.45, 2.75) is 77.6 Å². The number of allylic oxidation sites excluding steroid dienone is 2. The molecule has 0 saturated carbocycles. The molecule has 18 heavy (non-hydrogen) atoms. The lowest BCUT2D eigenvalue weighted by Crippen LogP contribution is -1.87. The molecular weight excluding hydrogens is 224 g/mol. The van der Waals surface area contributed by atoms with E-state index in [2.05, 4.69) is 6.92 Å². The molecule has 0 unspecified atom stereocenters. The molecule has 0 heterocycles. The van der Waals surface area contributed by atoms with Crippen molar-refractivity contribution < 1.29 is 9.59 Å². The Morgan fingerprint density at radius 3 is 1.72 bits per heavy atom. The number of rotatable bonds is 13. The van der Waals surface area contributed by atoms with Crippen LogP contribution in [0.1, 0.15) is 77.6 Å². The molecule has 104 valence electrons.